The molecule has 1 aliphatic rings. The first-order valence-electron chi connectivity index (χ1n) is 11.7. The molecule has 1 aliphatic carbocycles. The van der Waals surface area contributed by atoms with E-state index in [1.807, 2.05) is 43.3 Å². The summed E-state index contributed by atoms with van der Waals surface area (Å²) >= 11 is 0. The van der Waals surface area contributed by atoms with Crippen LogP contribution in [0.5, 0.6) is 0 Å². The van der Waals surface area contributed by atoms with Gasteiger partial charge >= 0.3 is 12.1 Å². The number of ether oxygens (including phenoxy) is 1. The first-order chi connectivity index (χ1) is 17.0. The number of rotatable bonds is 9. The van der Waals surface area contributed by atoms with E-state index >= 15 is 0 Å². The van der Waals surface area contributed by atoms with Gasteiger partial charge in [-0.1, -0.05) is 74.0 Å². The largest absolute Gasteiger partial charge is 0.481 e. The predicted molar refractivity (Wildman–Crippen MR) is 134 cm³/mol. The maximum Gasteiger partial charge on any atom is 0.411 e. The van der Waals surface area contributed by atoms with Gasteiger partial charge in [0, 0.05) is 12.0 Å². The molecule has 0 saturated carbocycles. The van der Waals surface area contributed by atoms with E-state index < -0.39 is 24.0 Å². The Morgan fingerprint density at radius 2 is 1.51 bits per heavy atom. The fourth-order valence-electron chi connectivity index (χ4n) is 4.58. The van der Waals surface area contributed by atoms with E-state index in [0.29, 0.717) is 12.1 Å². The van der Waals surface area contributed by atoms with Gasteiger partial charge in [-0.3, -0.25) is 14.9 Å². The van der Waals surface area contributed by atoms with Crippen molar-refractivity contribution in [2.75, 3.05) is 11.9 Å². The van der Waals surface area contributed by atoms with Gasteiger partial charge in [-0.05, 0) is 40.8 Å². The third-order valence-electron chi connectivity index (χ3n) is 6.15. The SMILES string of the molecule is CCCC(CC(=O)O)NC(=O)c1ccccc1NC(=O)OCC1c2ccccc2-c2ccccc21. The molecule has 1 unspecified atom stereocenters. The van der Waals surface area contributed by atoms with Gasteiger partial charge < -0.3 is 15.2 Å². The molecule has 0 bridgehead atoms. The number of hydrogen-bond donors (Lipinski definition) is 3. The summed E-state index contributed by atoms with van der Waals surface area (Å²) < 4.78 is 5.59. The van der Waals surface area contributed by atoms with E-state index in [1.165, 1.54) is 0 Å². The molecule has 3 aromatic carbocycles. The van der Waals surface area contributed by atoms with Gasteiger partial charge in [-0.2, -0.15) is 0 Å². The highest BCUT2D eigenvalue weighted by Gasteiger charge is 2.29. The minimum Gasteiger partial charge on any atom is -0.481 e. The van der Waals surface area contributed by atoms with Gasteiger partial charge in [-0.25, -0.2) is 4.79 Å². The molecule has 0 aromatic heterocycles. The number of hydrogen-bond acceptors (Lipinski definition) is 4. The topological polar surface area (TPSA) is 105 Å². The van der Waals surface area contributed by atoms with Crippen LogP contribution in [-0.4, -0.2) is 35.7 Å². The monoisotopic (exact) mass is 472 g/mol. The number of aliphatic carboxylic acids is 1. The molecule has 2 amide bonds. The van der Waals surface area contributed by atoms with Crippen molar-refractivity contribution in [3.05, 3.63) is 89.5 Å². The zero-order valence-corrected chi connectivity index (χ0v) is 19.5. The molecule has 3 aromatic rings. The molecule has 1 atom stereocenters. The van der Waals surface area contributed by atoms with Crippen LogP contribution < -0.4 is 10.6 Å². The fraction of sp³-hybridized carbons (Fsp3) is 0.250. The molecule has 0 aliphatic heterocycles. The minimum absolute atomic E-state index is 0.0717. The van der Waals surface area contributed by atoms with Crippen LogP contribution in [0.3, 0.4) is 0 Å². The number of nitrogens with one attached hydrogen (secondary N) is 2. The van der Waals surface area contributed by atoms with E-state index in [1.54, 1.807) is 24.3 Å². The van der Waals surface area contributed by atoms with Crippen molar-refractivity contribution >= 4 is 23.7 Å². The molecule has 0 saturated heterocycles. The lowest BCUT2D eigenvalue weighted by Crippen LogP contribution is -2.37. The summed E-state index contributed by atoms with van der Waals surface area (Å²) in [6.07, 6.45) is 0.446. The van der Waals surface area contributed by atoms with Crippen LogP contribution >= 0.6 is 0 Å². The lowest BCUT2D eigenvalue weighted by Gasteiger charge is -2.18. The molecule has 7 heteroatoms. The van der Waals surface area contributed by atoms with E-state index in [9.17, 15) is 14.4 Å². The smallest absolute Gasteiger partial charge is 0.411 e. The summed E-state index contributed by atoms with van der Waals surface area (Å²) in [6.45, 7) is 2.08. The summed E-state index contributed by atoms with van der Waals surface area (Å²) in [5, 5.41) is 14.6. The van der Waals surface area contributed by atoms with Crippen LogP contribution in [0.4, 0.5) is 10.5 Å². The van der Waals surface area contributed by atoms with Crippen molar-refractivity contribution < 1.29 is 24.2 Å². The van der Waals surface area contributed by atoms with E-state index in [-0.39, 0.29) is 24.5 Å². The summed E-state index contributed by atoms with van der Waals surface area (Å²) in [4.78, 5) is 36.7. The second-order valence-electron chi connectivity index (χ2n) is 8.55. The Hall–Kier alpha value is -4.13. The molecular formula is C28H28N2O5. The summed E-state index contributed by atoms with van der Waals surface area (Å²) in [5.41, 5.74) is 5.05. The molecule has 0 radical (unpaired) electrons. The van der Waals surface area contributed by atoms with Gasteiger partial charge in [0.05, 0.1) is 17.7 Å². The molecular weight excluding hydrogens is 444 g/mol. The number of carboxylic acids is 1. The van der Waals surface area contributed by atoms with Gasteiger partial charge in [-0.15, -0.1) is 0 Å². The number of carbonyl (C=O) groups excluding carboxylic acids is 2. The average molecular weight is 473 g/mol. The Labute approximate surface area is 204 Å². The molecule has 35 heavy (non-hydrogen) atoms. The molecule has 0 heterocycles. The second-order valence-corrected chi connectivity index (χ2v) is 8.55. The Balaban J connectivity index is 1.43. The van der Waals surface area contributed by atoms with Crippen molar-refractivity contribution in [3.63, 3.8) is 0 Å². The first-order valence-corrected chi connectivity index (χ1v) is 11.7. The highest BCUT2D eigenvalue weighted by Crippen LogP contribution is 2.44. The molecule has 4 rings (SSSR count). The van der Waals surface area contributed by atoms with Crippen LogP contribution in [-0.2, 0) is 9.53 Å². The number of benzene rings is 3. The number of fused-ring (bicyclic) bond motifs is 3. The van der Waals surface area contributed by atoms with Gasteiger partial charge in [0.2, 0.25) is 0 Å². The first kappa shape index (κ1) is 24.0. The van der Waals surface area contributed by atoms with Crippen LogP contribution in [0.1, 0.15) is 53.6 Å². The maximum atomic E-state index is 12.9. The Morgan fingerprint density at radius 1 is 0.914 bits per heavy atom. The van der Waals surface area contributed by atoms with Crippen molar-refractivity contribution in [2.24, 2.45) is 0 Å². The Kier molecular flexibility index (Phi) is 7.45. The Bertz CT molecular complexity index is 1190. The zero-order chi connectivity index (χ0) is 24.8. The number of carboxylic acid groups (broad SMARTS) is 1. The van der Waals surface area contributed by atoms with Crippen molar-refractivity contribution in [3.8, 4) is 11.1 Å². The Morgan fingerprint density at radius 3 is 2.14 bits per heavy atom. The van der Waals surface area contributed by atoms with Gasteiger partial charge in [0.15, 0.2) is 0 Å². The summed E-state index contributed by atoms with van der Waals surface area (Å²) in [7, 11) is 0. The average Bonchev–Trinajstić information content (AvgIpc) is 3.16. The third-order valence-corrected chi connectivity index (χ3v) is 6.15. The highest BCUT2D eigenvalue weighted by atomic mass is 16.5. The number of para-hydroxylation sites is 1. The standard InChI is InChI=1S/C28H28N2O5/c1-2-9-18(16-26(31)32)29-27(33)23-14-7-8-15-25(23)30-28(34)35-17-24-21-12-5-3-10-19(21)20-11-4-6-13-22(20)24/h3-8,10-15,18,24H,2,9,16-17H2,1H3,(H,29,33)(H,30,34)(H,31,32). The van der Waals surface area contributed by atoms with Gasteiger partial charge in [0.1, 0.15) is 6.61 Å². The number of anilines is 1. The van der Waals surface area contributed by atoms with Crippen molar-refractivity contribution in [2.45, 2.75) is 38.1 Å². The van der Waals surface area contributed by atoms with Crippen LogP contribution in [0.25, 0.3) is 11.1 Å². The zero-order valence-electron chi connectivity index (χ0n) is 19.5. The normalized spacial score (nSPS) is 12.8. The molecule has 0 fully saturated rings. The molecule has 7 nitrogen and oxygen atoms in total. The fourth-order valence-corrected chi connectivity index (χ4v) is 4.58. The van der Waals surface area contributed by atoms with Gasteiger partial charge in [0.25, 0.3) is 5.91 Å². The number of carbonyl (C=O) groups is 3. The molecule has 180 valence electrons. The molecule has 0 spiro atoms. The minimum atomic E-state index is -0.978. The lowest BCUT2D eigenvalue weighted by atomic mass is 9.98. The predicted octanol–water partition coefficient (Wildman–Crippen LogP) is 5.42. The second kappa shape index (κ2) is 10.9. The van der Waals surface area contributed by atoms with Crippen molar-refractivity contribution in [1.82, 2.24) is 5.32 Å². The lowest BCUT2D eigenvalue weighted by molar-refractivity contribution is -0.137. The summed E-state index contributed by atoms with van der Waals surface area (Å²) in [5.74, 6) is -1.49. The van der Waals surface area contributed by atoms with Crippen LogP contribution in [0.15, 0.2) is 72.8 Å². The van der Waals surface area contributed by atoms with E-state index in [2.05, 4.69) is 22.8 Å². The van der Waals surface area contributed by atoms with E-state index in [4.69, 9.17) is 9.84 Å². The number of amides is 2. The third kappa shape index (κ3) is 5.51. The van der Waals surface area contributed by atoms with Crippen LogP contribution in [0, 0.1) is 0 Å². The van der Waals surface area contributed by atoms with Crippen molar-refractivity contribution in [1.29, 1.82) is 0 Å². The molecule has 3 N–H and O–H groups in total. The quantitative estimate of drug-likeness (QED) is 0.386. The summed E-state index contributed by atoms with van der Waals surface area (Å²) in [6, 6.07) is 22.3. The maximum absolute atomic E-state index is 12.9. The van der Waals surface area contributed by atoms with E-state index in [0.717, 1.165) is 28.7 Å². The highest BCUT2D eigenvalue weighted by molar-refractivity contribution is 6.02. The van der Waals surface area contributed by atoms with Crippen LogP contribution in [0.2, 0.25) is 0 Å².